The van der Waals surface area contributed by atoms with Gasteiger partial charge in [-0.25, -0.2) is 4.79 Å². The number of hydrogen-bond acceptors (Lipinski definition) is 4. The molecule has 1 aromatic carbocycles. The molecule has 1 aliphatic rings. The molecule has 0 aliphatic heterocycles. The molecule has 0 aromatic heterocycles. The van der Waals surface area contributed by atoms with E-state index in [0.29, 0.717) is 5.92 Å². The summed E-state index contributed by atoms with van der Waals surface area (Å²) < 4.78 is 9.94. The Balaban J connectivity index is 1.60. The smallest absolute Gasteiger partial charge is 0.430 e. The largest absolute Gasteiger partial charge is 0.508 e. The van der Waals surface area contributed by atoms with E-state index in [2.05, 4.69) is 0 Å². The average Bonchev–Trinajstić information content (AvgIpc) is 2.58. The molecule has 1 aliphatic carbocycles. The molecule has 4 nitrogen and oxygen atoms in total. The zero-order valence-electron chi connectivity index (χ0n) is 12.8. The van der Waals surface area contributed by atoms with Crippen LogP contribution in [0.3, 0.4) is 0 Å². The molecule has 0 radical (unpaired) electrons. The van der Waals surface area contributed by atoms with Crippen LogP contribution in [0.25, 0.3) is 0 Å². The van der Waals surface area contributed by atoms with Gasteiger partial charge in [-0.1, -0.05) is 55.7 Å². The molecule has 1 atom stereocenters. The van der Waals surface area contributed by atoms with Crippen molar-refractivity contribution < 1.29 is 19.4 Å². The van der Waals surface area contributed by atoms with Gasteiger partial charge in [-0.2, -0.15) is 0 Å². The summed E-state index contributed by atoms with van der Waals surface area (Å²) in [6.45, 7) is 0.325. The number of aliphatic hydroxyl groups is 1. The third-order valence-corrected chi connectivity index (χ3v) is 3.96. The van der Waals surface area contributed by atoms with Gasteiger partial charge in [0.05, 0.1) is 6.10 Å². The van der Waals surface area contributed by atoms with Crippen molar-refractivity contribution in [1.29, 1.82) is 0 Å². The fourth-order valence-electron chi connectivity index (χ4n) is 2.70. The van der Waals surface area contributed by atoms with Crippen LogP contribution in [0.2, 0.25) is 0 Å². The third kappa shape index (κ3) is 5.90. The molecule has 0 amide bonds. The molecule has 1 N–H and O–H groups in total. The molecule has 0 saturated heterocycles. The third-order valence-electron chi connectivity index (χ3n) is 3.96. The van der Waals surface area contributed by atoms with Crippen molar-refractivity contribution in [3.05, 3.63) is 48.0 Å². The monoisotopic (exact) mass is 304 g/mol. The second kappa shape index (κ2) is 9.26. The van der Waals surface area contributed by atoms with E-state index in [9.17, 15) is 9.90 Å². The van der Waals surface area contributed by atoms with Crippen LogP contribution in [-0.4, -0.2) is 24.0 Å². The minimum Gasteiger partial charge on any atom is -0.430 e. The van der Waals surface area contributed by atoms with Gasteiger partial charge in [-0.3, -0.25) is 0 Å². The van der Waals surface area contributed by atoms with Gasteiger partial charge in [0.2, 0.25) is 0 Å². The molecule has 0 unspecified atom stereocenters. The van der Waals surface area contributed by atoms with Crippen LogP contribution in [0, 0.1) is 5.92 Å². The van der Waals surface area contributed by atoms with Crippen molar-refractivity contribution in [2.75, 3.05) is 6.61 Å². The van der Waals surface area contributed by atoms with E-state index in [-0.39, 0.29) is 13.2 Å². The minimum atomic E-state index is -0.694. The first-order valence-corrected chi connectivity index (χ1v) is 7.94. The maximum atomic E-state index is 11.4. The van der Waals surface area contributed by atoms with E-state index in [1.807, 2.05) is 30.3 Å². The quantitative estimate of drug-likeness (QED) is 0.641. The molecule has 2 rings (SSSR count). The molecular formula is C18H24O4. The number of aliphatic hydroxyl groups excluding tert-OH is 1. The van der Waals surface area contributed by atoms with Crippen molar-refractivity contribution in [1.82, 2.24) is 0 Å². The Labute approximate surface area is 131 Å². The summed E-state index contributed by atoms with van der Waals surface area (Å²) in [5.74, 6) is 0.343. The zero-order valence-corrected chi connectivity index (χ0v) is 12.8. The van der Waals surface area contributed by atoms with Crippen LogP contribution in [-0.2, 0) is 16.1 Å². The van der Waals surface area contributed by atoms with Crippen LogP contribution in [0.5, 0.6) is 0 Å². The normalized spacial score (nSPS) is 17.3. The molecule has 0 bridgehead atoms. The topological polar surface area (TPSA) is 55.8 Å². The van der Waals surface area contributed by atoms with Crippen molar-refractivity contribution in [3.63, 3.8) is 0 Å². The molecule has 1 aromatic rings. The molecule has 0 heterocycles. The van der Waals surface area contributed by atoms with E-state index in [0.717, 1.165) is 18.4 Å². The Morgan fingerprint density at radius 1 is 1.18 bits per heavy atom. The van der Waals surface area contributed by atoms with E-state index in [1.165, 1.54) is 19.3 Å². The van der Waals surface area contributed by atoms with Crippen LogP contribution in [0.1, 0.15) is 37.7 Å². The zero-order chi connectivity index (χ0) is 15.6. The van der Waals surface area contributed by atoms with Gasteiger partial charge < -0.3 is 14.6 Å². The highest BCUT2D eigenvalue weighted by Gasteiger charge is 2.19. The predicted octanol–water partition coefficient (Wildman–Crippen LogP) is 3.84. The lowest BCUT2D eigenvalue weighted by atomic mass is 9.85. The molecule has 22 heavy (non-hydrogen) atoms. The van der Waals surface area contributed by atoms with Crippen LogP contribution in [0.4, 0.5) is 4.79 Å². The Morgan fingerprint density at radius 2 is 1.91 bits per heavy atom. The molecule has 120 valence electrons. The number of benzene rings is 1. The molecular weight excluding hydrogens is 280 g/mol. The molecule has 4 heteroatoms. The summed E-state index contributed by atoms with van der Waals surface area (Å²) in [6.07, 6.45) is 8.07. The van der Waals surface area contributed by atoms with Crippen molar-refractivity contribution >= 4 is 6.16 Å². The van der Waals surface area contributed by atoms with E-state index >= 15 is 0 Å². The Morgan fingerprint density at radius 3 is 2.64 bits per heavy atom. The summed E-state index contributed by atoms with van der Waals surface area (Å²) in [7, 11) is 0. The SMILES string of the molecule is O=C(OC/C=C\[C@@H](O)C1CCCCC1)OCc1ccccc1. The van der Waals surface area contributed by atoms with Gasteiger partial charge in [-0.05, 0) is 30.4 Å². The van der Waals surface area contributed by atoms with Crippen molar-refractivity contribution in [3.8, 4) is 0 Å². The average molecular weight is 304 g/mol. The fourth-order valence-corrected chi connectivity index (χ4v) is 2.70. The van der Waals surface area contributed by atoms with Crippen molar-refractivity contribution in [2.45, 2.75) is 44.8 Å². The molecule has 1 saturated carbocycles. The maximum Gasteiger partial charge on any atom is 0.508 e. The lowest BCUT2D eigenvalue weighted by molar-refractivity contribution is 0.0571. The summed E-state index contributed by atoms with van der Waals surface area (Å²) in [5, 5.41) is 10.0. The van der Waals surface area contributed by atoms with Gasteiger partial charge in [0.25, 0.3) is 0 Å². The van der Waals surface area contributed by atoms with E-state index in [4.69, 9.17) is 9.47 Å². The first-order valence-electron chi connectivity index (χ1n) is 7.94. The standard InChI is InChI=1S/C18H24O4/c19-17(16-10-5-2-6-11-16)12-7-13-21-18(20)22-14-15-8-3-1-4-9-15/h1,3-4,7-9,12,16-17,19H,2,5-6,10-11,13-14H2/b12-7-/t17-/m1/s1. The summed E-state index contributed by atoms with van der Waals surface area (Å²) in [5.41, 5.74) is 0.919. The van der Waals surface area contributed by atoms with E-state index in [1.54, 1.807) is 12.2 Å². The minimum absolute atomic E-state index is 0.122. The number of rotatable bonds is 6. The van der Waals surface area contributed by atoms with Gasteiger partial charge in [0, 0.05) is 0 Å². The Bertz CT molecular complexity index is 463. The Kier molecular flexibility index (Phi) is 6.97. The van der Waals surface area contributed by atoms with Crippen LogP contribution < -0.4 is 0 Å². The molecule has 0 spiro atoms. The first-order chi connectivity index (χ1) is 10.8. The second-order valence-corrected chi connectivity index (χ2v) is 5.65. The lowest BCUT2D eigenvalue weighted by Crippen LogP contribution is -2.20. The van der Waals surface area contributed by atoms with Crippen molar-refractivity contribution in [2.24, 2.45) is 5.92 Å². The number of carbonyl (C=O) groups is 1. The van der Waals surface area contributed by atoms with Gasteiger partial charge in [-0.15, -0.1) is 0 Å². The summed E-state index contributed by atoms with van der Waals surface area (Å²) in [4.78, 5) is 11.4. The predicted molar refractivity (Wildman–Crippen MR) is 84.3 cm³/mol. The van der Waals surface area contributed by atoms with Crippen LogP contribution in [0.15, 0.2) is 42.5 Å². The first kappa shape index (κ1) is 16.6. The van der Waals surface area contributed by atoms with Crippen LogP contribution >= 0.6 is 0 Å². The molecule has 1 fully saturated rings. The van der Waals surface area contributed by atoms with Gasteiger partial charge in [0.1, 0.15) is 13.2 Å². The number of hydrogen-bond donors (Lipinski definition) is 1. The number of ether oxygens (including phenoxy) is 2. The highest BCUT2D eigenvalue weighted by Crippen LogP contribution is 2.26. The van der Waals surface area contributed by atoms with E-state index < -0.39 is 12.3 Å². The lowest BCUT2D eigenvalue weighted by Gasteiger charge is -2.24. The number of carbonyl (C=O) groups excluding carboxylic acids is 1. The Hall–Kier alpha value is -1.81. The van der Waals surface area contributed by atoms with Gasteiger partial charge in [0.15, 0.2) is 0 Å². The fraction of sp³-hybridized carbons (Fsp3) is 0.500. The highest BCUT2D eigenvalue weighted by molar-refractivity contribution is 5.60. The van der Waals surface area contributed by atoms with Gasteiger partial charge >= 0.3 is 6.16 Å². The second-order valence-electron chi connectivity index (χ2n) is 5.65. The summed E-state index contributed by atoms with van der Waals surface area (Å²) in [6, 6.07) is 9.45. The highest BCUT2D eigenvalue weighted by atomic mass is 16.7. The maximum absolute atomic E-state index is 11.4. The summed E-state index contributed by atoms with van der Waals surface area (Å²) >= 11 is 0.